The minimum absolute atomic E-state index is 0.0822. The van der Waals surface area contributed by atoms with Crippen LogP contribution in [0.2, 0.25) is 0 Å². The zero-order chi connectivity index (χ0) is 20.2. The highest BCUT2D eigenvalue weighted by Gasteiger charge is 2.66. The molecule has 4 saturated carbocycles. The van der Waals surface area contributed by atoms with Crippen molar-refractivity contribution in [2.45, 2.75) is 77.7 Å². The molecule has 0 saturated heterocycles. The maximum absolute atomic E-state index is 12.6. The second-order valence-corrected chi connectivity index (χ2v) is 10.6. The summed E-state index contributed by atoms with van der Waals surface area (Å²) in [6.07, 6.45) is 7.25. The Bertz CT molecular complexity index is 664. The molecule has 0 bridgehead atoms. The number of nitrogens with zero attached hydrogens (tertiary/aromatic N) is 1. The fraction of sp³-hybridized carbons (Fsp3) is 0.913. The number of likely N-dealkylation sites (N-methyl/N-ethyl adjacent to an activating group) is 1. The Hall–Kier alpha value is -0.940. The van der Waals surface area contributed by atoms with Gasteiger partial charge < -0.3 is 15.3 Å². The Balaban J connectivity index is 1.57. The van der Waals surface area contributed by atoms with E-state index < -0.39 is 5.60 Å². The van der Waals surface area contributed by atoms with Crippen molar-refractivity contribution in [3.05, 3.63) is 0 Å². The van der Waals surface area contributed by atoms with Gasteiger partial charge in [0.1, 0.15) is 12.4 Å². The average Bonchev–Trinajstić information content (AvgIpc) is 2.95. The van der Waals surface area contributed by atoms with E-state index in [1.807, 2.05) is 7.05 Å². The molecule has 0 aromatic heterocycles. The molecule has 4 rings (SSSR count). The summed E-state index contributed by atoms with van der Waals surface area (Å²) >= 11 is 0. The molecule has 0 amide bonds. The van der Waals surface area contributed by atoms with Crippen molar-refractivity contribution in [2.24, 2.45) is 39.7 Å². The summed E-state index contributed by atoms with van der Waals surface area (Å²) in [4.78, 5) is 18.1. The minimum atomic E-state index is -0.701. The number of ketones is 1. The first-order chi connectivity index (χ1) is 13.2. The Morgan fingerprint density at radius 2 is 2.00 bits per heavy atom. The first-order valence-corrected chi connectivity index (χ1v) is 11.3. The first kappa shape index (κ1) is 20.3. The van der Waals surface area contributed by atoms with Gasteiger partial charge in [0, 0.05) is 30.2 Å². The molecule has 7 atom stereocenters. The molecule has 28 heavy (non-hydrogen) atoms. The summed E-state index contributed by atoms with van der Waals surface area (Å²) in [5.74, 6) is 2.53. The van der Waals surface area contributed by atoms with E-state index in [1.54, 1.807) is 0 Å². The molecule has 158 valence electrons. The van der Waals surface area contributed by atoms with E-state index in [2.05, 4.69) is 31.2 Å². The molecule has 4 aliphatic rings. The van der Waals surface area contributed by atoms with Gasteiger partial charge in [-0.1, -0.05) is 25.9 Å². The summed E-state index contributed by atoms with van der Waals surface area (Å²) in [6.45, 7) is 8.21. The molecule has 0 aliphatic heterocycles. The van der Waals surface area contributed by atoms with Crippen LogP contribution in [-0.2, 0) is 9.63 Å². The molecule has 0 aromatic rings. The number of Topliss-reactive ketones (excluding diaryl/α,β-unsaturated/α-hetero) is 1. The Morgan fingerprint density at radius 1 is 1.21 bits per heavy atom. The molecule has 5 heteroatoms. The largest absolute Gasteiger partial charge is 0.394 e. The van der Waals surface area contributed by atoms with Crippen LogP contribution in [0, 0.1) is 34.5 Å². The van der Waals surface area contributed by atoms with Crippen LogP contribution >= 0.6 is 0 Å². The number of hydrogen-bond donors (Lipinski definition) is 2. The fourth-order valence-electron chi connectivity index (χ4n) is 7.64. The van der Waals surface area contributed by atoms with Gasteiger partial charge >= 0.3 is 0 Å². The molecular formula is C23H38N2O3. The lowest BCUT2D eigenvalue weighted by Gasteiger charge is -2.64. The Kier molecular flexibility index (Phi) is 5.15. The van der Waals surface area contributed by atoms with Gasteiger partial charge in [-0.25, -0.2) is 0 Å². The zero-order valence-corrected chi connectivity index (χ0v) is 18.1. The monoisotopic (exact) mass is 390 g/mol. The first-order valence-electron chi connectivity index (χ1n) is 11.3. The van der Waals surface area contributed by atoms with E-state index in [4.69, 9.17) is 4.84 Å². The van der Waals surface area contributed by atoms with Gasteiger partial charge in [0.2, 0.25) is 0 Å². The predicted molar refractivity (Wildman–Crippen MR) is 110 cm³/mol. The third-order valence-electron chi connectivity index (χ3n) is 9.31. The number of oxime groups is 1. The van der Waals surface area contributed by atoms with Crippen molar-refractivity contribution >= 4 is 11.5 Å². The van der Waals surface area contributed by atoms with Gasteiger partial charge in [-0.15, -0.1) is 0 Å². The van der Waals surface area contributed by atoms with Crippen LogP contribution in [0.3, 0.4) is 0 Å². The third kappa shape index (κ3) is 2.87. The van der Waals surface area contributed by atoms with E-state index >= 15 is 0 Å². The van der Waals surface area contributed by atoms with Gasteiger partial charge in [-0.3, -0.25) is 4.79 Å². The standard InChI is InChI=1S/C23H38N2O3/c1-15-13-23(27)14-16(25-28-12-11-24-4)7-10-22(23,3)18-8-9-21(2)17(20(15)18)5-6-19(21)26/h15,17-18,20,24,27H,5-14H2,1-4H3/t15-,17+,18+,20+,21+,22-,23-/m1/s1. The van der Waals surface area contributed by atoms with Crippen LogP contribution in [-0.4, -0.2) is 42.4 Å². The van der Waals surface area contributed by atoms with Gasteiger partial charge in [-0.2, -0.15) is 0 Å². The molecule has 0 heterocycles. The van der Waals surface area contributed by atoms with Crippen molar-refractivity contribution in [2.75, 3.05) is 20.2 Å². The summed E-state index contributed by atoms with van der Waals surface area (Å²) in [5, 5.41) is 19.3. The van der Waals surface area contributed by atoms with Crippen LogP contribution in [0.4, 0.5) is 0 Å². The molecule has 4 fully saturated rings. The highest BCUT2D eigenvalue weighted by molar-refractivity contribution is 5.87. The lowest BCUT2D eigenvalue weighted by atomic mass is 9.41. The summed E-state index contributed by atoms with van der Waals surface area (Å²) in [6, 6.07) is 0. The second-order valence-electron chi connectivity index (χ2n) is 10.6. The van der Waals surface area contributed by atoms with E-state index in [9.17, 15) is 9.90 Å². The molecule has 0 unspecified atom stereocenters. The lowest BCUT2D eigenvalue weighted by Crippen LogP contribution is -2.64. The van der Waals surface area contributed by atoms with Crippen molar-refractivity contribution in [3.8, 4) is 0 Å². The van der Waals surface area contributed by atoms with E-state index in [0.717, 1.165) is 57.2 Å². The van der Waals surface area contributed by atoms with E-state index in [-0.39, 0.29) is 10.8 Å². The van der Waals surface area contributed by atoms with Crippen molar-refractivity contribution in [1.29, 1.82) is 0 Å². The number of carbonyl (C=O) groups excluding carboxylic acids is 1. The molecule has 0 aromatic carbocycles. The second kappa shape index (κ2) is 7.09. The maximum Gasteiger partial charge on any atom is 0.139 e. The van der Waals surface area contributed by atoms with Gasteiger partial charge in [0.25, 0.3) is 0 Å². The molecule has 0 spiro atoms. The maximum atomic E-state index is 12.6. The number of rotatable bonds is 4. The molecule has 4 aliphatic carbocycles. The van der Waals surface area contributed by atoms with Crippen molar-refractivity contribution in [1.82, 2.24) is 5.32 Å². The lowest BCUT2D eigenvalue weighted by molar-refractivity contribution is -0.206. The molecule has 0 radical (unpaired) electrons. The predicted octanol–water partition coefficient (Wildman–Crippen LogP) is 3.55. The van der Waals surface area contributed by atoms with Gasteiger partial charge in [0.05, 0.1) is 11.3 Å². The topological polar surface area (TPSA) is 70.9 Å². The summed E-state index contributed by atoms with van der Waals surface area (Å²) in [7, 11) is 1.90. The average molecular weight is 391 g/mol. The third-order valence-corrected chi connectivity index (χ3v) is 9.31. The molecule has 5 nitrogen and oxygen atoms in total. The van der Waals surface area contributed by atoms with Crippen molar-refractivity contribution in [3.63, 3.8) is 0 Å². The smallest absolute Gasteiger partial charge is 0.139 e. The van der Waals surface area contributed by atoms with Crippen LogP contribution < -0.4 is 5.32 Å². The number of aliphatic hydroxyl groups is 1. The van der Waals surface area contributed by atoms with Crippen LogP contribution in [0.25, 0.3) is 0 Å². The van der Waals surface area contributed by atoms with Crippen LogP contribution in [0.5, 0.6) is 0 Å². The van der Waals surface area contributed by atoms with E-state index in [1.165, 1.54) is 0 Å². The summed E-state index contributed by atoms with van der Waals surface area (Å²) < 4.78 is 0. The molecule has 2 N–H and O–H groups in total. The normalized spacial score (nSPS) is 49.5. The fourth-order valence-corrected chi connectivity index (χ4v) is 7.64. The number of fused-ring (bicyclic) bond motifs is 5. The number of carbonyl (C=O) groups is 1. The minimum Gasteiger partial charge on any atom is -0.394 e. The van der Waals surface area contributed by atoms with Crippen LogP contribution in [0.15, 0.2) is 5.16 Å². The van der Waals surface area contributed by atoms with Crippen LogP contribution in [0.1, 0.15) is 72.1 Å². The number of hydrogen-bond acceptors (Lipinski definition) is 5. The van der Waals surface area contributed by atoms with Gasteiger partial charge in [0.15, 0.2) is 0 Å². The van der Waals surface area contributed by atoms with Gasteiger partial charge in [-0.05, 0) is 69.2 Å². The summed E-state index contributed by atoms with van der Waals surface area (Å²) in [5.41, 5.74) is 0.122. The Labute approximate surface area is 169 Å². The highest BCUT2D eigenvalue weighted by Crippen LogP contribution is 2.67. The molecular weight excluding hydrogens is 352 g/mol. The Morgan fingerprint density at radius 3 is 2.75 bits per heavy atom. The highest BCUT2D eigenvalue weighted by atomic mass is 16.6. The van der Waals surface area contributed by atoms with E-state index in [0.29, 0.717) is 42.5 Å². The zero-order valence-electron chi connectivity index (χ0n) is 18.1. The SMILES string of the molecule is CNCCON=C1CC[C@]2(C)[C@H]3CC[C@]4(C)C(=O)CC[C@H]4[C@@H]3[C@H](C)C[C@@]2(O)C1. The van der Waals surface area contributed by atoms with Crippen molar-refractivity contribution < 1.29 is 14.7 Å². The number of nitrogens with one attached hydrogen (secondary N) is 1. The quantitative estimate of drug-likeness (QED) is 0.569.